The van der Waals surface area contributed by atoms with Crippen molar-refractivity contribution in [3.8, 4) is 0 Å². The molecule has 1 rings (SSSR count). The Morgan fingerprint density at radius 3 is 2.60 bits per heavy atom. The van der Waals surface area contributed by atoms with Gasteiger partial charge in [0.1, 0.15) is 24.4 Å². The Balaban J connectivity index is 2.45. The van der Waals surface area contributed by atoms with Crippen molar-refractivity contribution >= 4 is 23.5 Å². The summed E-state index contributed by atoms with van der Waals surface area (Å²) in [6, 6.07) is 0. The van der Waals surface area contributed by atoms with Crippen LogP contribution in [-0.2, 0) is 23.8 Å². The van der Waals surface area contributed by atoms with Crippen molar-refractivity contribution in [2.45, 2.75) is 38.0 Å². The number of ether oxygens (including phenoxy) is 3. The second-order valence-electron chi connectivity index (χ2n) is 3.27. The van der Waals surface area contributed by atoms with E-state index in [0.717, 1.165) is 0 Å². The number of hydrogen-bond acceptors (Lipinski definition) is 5. The molecule has 0 aliphatic carbocycles. The van der Waals surface area contributed by atoms with Crippen LogP contribution in [0.15, 0.2) is 0 Å². The van der Waals surface area contributed by atoms with Crippen LogP contribution in [0.2, 0.25) is 0 Å². The summed E-state index contributed by atoms with van der Waals surface area (Å²) in [7, 11) is 0. The molecule has 3 atom stereocenters. The first-order valence-electron chi connectivity index (χ1n) is 4.59. The highest BCUT2D eigenvalue weighted by molar-refractivity contribution is 6.19. The first-order chi connectivity index (χ1) is 6.99. The van der Waals surface area contributed by atoms with Crippen LogP contribution < -0.4 is 0 Å². The molecule has 6 heteroatoms. The zero-order valence-corrected chi connectivity index (χ0v) is 9.32. The number of rotatable bonds is 3. The Morgan fingerprint density at radius 2 is 2.07 bits per heavy atom. The zero-order chi connectivity index (χ0) is 11.4. The van der Waals surface area contributed by atoms with Gasteiger partial charge in [-0.1, -0.05) is 11.6 Å². The predicted octanol–water partition coefficient (Wildman–Crippen LogP) is 0.835. The molecule has 0 saturated carbocycles. The molecule has 1 aliphatic rings. The normalized spacial score (nSPS) is 29.9. The van der Waals surface area contributed by atoms with E-state index in [-0.39, 0.29) is 6.61 Å². The number of carbonyl (C=O) groups excluding carboxylic acids is 2. The minimum absolute atomic E-state index is 0.0521. The lowest BCUT2D eigenvalue weighted by atomic mass is 10.2. The molecule has 0 spiro atoms. The van der Waals surface area contributed by atoms with Crippen molar-refractivity contribution in [1.29, 1.82) is 0 Å². The van der Waals surface area contributed by atoms with E-state index in [1.165, 1.54) is 13.8 Å². The molecule has 15 heavy (non-hydrogen) atoms. The van der Waals surface area contributed by atoms with Crippen LogP contribution in [0.5, 0.6) is 0 Å². The number of esters is 2. The molecule has 0 bridgehead atoms. The summed E-state index contributed by atoms with van der Waals surface area (Å²) in [5, 5.41) is 0. The van der Waals surface area contributed by atoms with Crippen molar-refractivity contribution in [2.75, 3.05) is 6.61 Å². The van der Waals surface area contributed by atoms with E-state index in [0.29, 0.717) is 6.42 Å². The van der Waals surface area contributed by atoms with Gasteiger partial charge in [-0.25, -0.2) is 0 Å². The number of halogens is 1. The molecular weight excluding hydrogens is 224 g/mol. The maximum Gasteiger partial charge on any atom is 0.302 e. The highest BCUT2D eigenvalue weighted by atomic mass is 35.5. The predicted molar refractivity (Wildman–Crippen MR) is 51.3 cm³/mol. The lowest BCUT2D eigenvalue weighted by Crippen LogP contribution is -2.31. The Morgan fingerprint density at radius 1 is 1.40 bits per heavy atom. The van der Waals surface area contributed by atoms with Gasteiger partial charge in [-0.3, -0.25) is 9.59 Å². The molecule has 1 heterocycles. The average Bonchev–Trinajstić information content (AvgIpc) is 2.41. The van der Waals surface area contributed by atoms with E-state index in [1.54, 1.807) is 0 Å². The molecule has 1 saturated heterocycles. The van der Waals surface area contributed by atoms with Crippen LogP contribution in [0.3, 0.4) is 0 Å². The molecule has 0 aromatic heterocycles. The Bertz CT molecular complexity index is 255. The zero-order valence-electron chi connectivity index (χ0n) is 8.57. The second-order valence-corrected chi connectivity index (χ2v) is 3.76. The third kappa shape index (κ3) is 4.05. The van der Waals surface area contributed by atoms with Crippen molar-refractivity contribution in [2.24, 2.45) is 0 Å². The first-order valence-corrected chi connectivity index (χ1v) is 5.03. The highest BCUT2D eigenvalue weighted by Crippen LogP contribution is 2.26. The van der Waals surface area contributed by atoms with Gasteiger partial charge in [0.05, 0.1) is 0 Å². The average molecular weight is 237 g/mol. The lowest BCUT2D eigenvalue weighted by Gasteiger charge is -2.17. The summed E-state index contributed by atoms with van der Waals surface area (Å²) < 4.78 is 15.0. The highest BCUT2D eigenvalue weighted by Gasteiger charge is 2.37. The van der Waals surface area contributed by atoms with Crippen molar-refractivity contribution in [1.82, 2.24) is 0 Å². The van der Waals surface area contributed by atoms with Gasteiger partial charge in [0.15, 0.2) is 0 Å². The Kier molecular flexibility index (Phi) is 4.35. The van der Waals surface area contributed by atoms with E-state index in [9.17, 15) is 9.59 Å². The van der Waals surface area contributed by atoms with Crippen LogP contribution in [0.25, 0.3) is 0 Å². The molecule has 5 nitrogen and oxygen atoms in total. The van der Waals surface area contributed by atoms with E-state index in [2.05, 4.69) is 0 Å². The quantitative estimate of drug-likeness (QED) is 0.537. The van der Waals surface area contributed by atoms with E-state index in [4.69, 9.17) is 25.8 Å². The summed E-state index contributed by atoms with van der Waals surface area (Å²) in [5.74, 6) is -0.805. The molecule has 0 aromatic carbocycles. The molecule has 0 N–H and O–H groups in total. The lowest BCUT2D eigenvalue weighted by molar-refractivity contribution is -0.154. The van der Waals surface area contributed by atoms with Crippen LogP contribution in [0.1, 0.15) is 20.3 Å². The number of carbonyl (C=O) groups is 2. The minimum Gasteiger partial charge on any atom is -0.463 e. The number of alkyl halides is 1. The molecule has 1 fully saturated rings. The SMILES string of the molecule is CC(=O)OCC1OC(Cl)CC1OC(C)=O. The van der Waals surface area contributed by atoms with Crippen LogP contribution in [0.4, 0.5) is 0 Å². The van der Waals surface area contributed by atoms with Crippen LogP contribution in [0, 0.1) is 0 Å². The van der Waals surface area contributed by atoms with Crippen molar-refractivity contribution < 1.29 is 23.8 Å². The number of hydrogen-bond donors (Lipinski definition) is 0. The van der Waals surface area contributed by atoms with Gasteiger partial charge >= 0.3 is 11.9 Å². The van der Waals surface area contributed by atoms with Gasteiger partial charge in [0.25, 0.3) is 0 Å². The monoisotopic (exact) mass is 236 g/mol. The minimum atomic E-state index is -0.505. The van der Waals surface area contributed by atoms with Gasteiger partial charge in [-0.05, 0) is 0 Å². The fourth-order valence-electron chi connectivity index (χ4n) is 1.35. The van der Waals surface area contributed by atoms with E-state index >= 15 is 0 Å². The second kappa shape index (κ2) is 5.32. The smallest absolute Gasteiger partial charge is 0.302 e. The Labute approximate surface area is 92.6 Å². The Hall–Kier alpha value is -0.810. The van der Waals surface area contributed by atoms with Crippen LogP contribution >= 0.6 is 11.6 Å². The maximum absolute atomic E-state index is 10.8. The summed E-state index contributed by atoms with van der Waals surface area (Å²) in [5.41, 5.74) is -0.505. The van der Waals surface area contributed by atoms with Gasteiger partial charge < -0.3 is 14.2 Å². The third-order valence-electron chi connectivity index (χ3n) is 1.92. The molecule has 0 amide bonds. The van der Waals surface area contributed by atoms with Crippen LogP contribution in [-0.4, -0.2) is 36.3 Å². The van der Waals surface area contributed by atoms with Gasteiger partial charge in [0.2, 0.25) is 0 Å². The van der Waals surface area contributed by atoms with Gasteiger partial charge in [0, 0.05) is 20.3 Å². The van der Waals surface area contributed by atoms with Crippen molar-refractivity contribution in [3.05, 3.63) is 0 Å². The van der Waals surface area contributed by atoms with Crippen molar-refractivity contribution in [3.63, 3.8) is 0 Å². The fourth-order valence-corrected chi connectivity index (χ4v) is 1.66. The molecule has 0 radical (unpaired) electrons. The molecular formula is C9H13ClO5. The summed E-state index contributed by atoms with van der Waals surface area (Å²) in [6.07, 6.45) is -0.503. The molecule has 0 aromatic rings. The maximum atomic E-state index is 10.8. The summed E-state index contributed by atoms with van der Waals surface area (Å²) >= 11 is 5.75. The topological polar surface area (TPSA) is 61.8 Å². The molecule has 86 valence electrons. The van der Waals surface area contributed by atoms with Gasteiger partial charge in [-0.2, -0.15) is 0 Å². The summed E-state index contributed by atoms with van der Waals surface area (Å²) in [4.78, 5) is 21.4. The van der Waals surface area contributed by atoms with E-state index in [1.807, 2.05) is 0 Å². The fraction of sp³-hybridized carbons (Fsp3) is 0.778. The first kappa shape index (κ1) is 12.3. The largest absolute Gasteiger partial charge is 0.463 e. The molecule has 3 unspecified atom stereocenters. The standard InChI is InChI=1S/C9H13ClO5/c1-5(11)13-4-8-7(14-6(2)12)3-9(10)15-8/h7-9H,3-4H2,1-2H3. The van der Waals surface area contributed by atoms with Gasteiger partial charge in [-0.15, -0.1) is 0 Å². The summed E-state index contributed by atoms with van der Waals surface area (Å²) in [6.45, 7) is 2.66. The third-order valence-corrected chi connectivity index (χ3v) is 2.20. The van der Waals surface area contributed by atoms with E-state index < -0.39 is 29.7 Å². The molecule has 1 aliphatic heterocycles.